The summed E-state index contributed by atoms with van der Waals surface area (Å²) in [4.78, 5) is 28.8. The van der Waals surface area contributed by atoms with Crippen LogP contribution in [0.25, 0.3) is 17.0 Å². The van der Waals surface area contributed by atoms with Crippen molar-refractivity contribution in [1.29, 1.82) is 0 Å². The van der Waals surface area contributed by atoms with Crippen LogP contribution >= 0.6 is 0 Å². The van der Waals surface area contributed by atoms with E-state index < -0.39 is 11.8 Å². The van der Waals surface area contributed by atoms with Crippen molar-refractivity contribution in [3.63, 3.8) is 0 Å². The van der Waals surface area contributed by atoms with Crippen molar-refractivity contribution in [1.82, 2.24) is 15.8 Å². The Morgan fingerprint density at radius 2 is 1.83 bits per heavy atom. The van der Waals surface area contributed by atoms with Gasteiger partial charge in [-0.25, -0.2) is 0 Å². The lowest BCUT2D eigenvalue weighted by atomic mass is 10.1. The van der Waals surface area contributed by atoms with Gasteiger partial charge in [0.2, 0.25) is 0 Å². The molecule has 154 valence electrons. The second-order valence-electron chi connectivity index (χ2n) is 6.73. The quantitative estimate of drug-likeness (QED) is 0.484. The first kappa shape index (κ1) is 20.9. The Morgan fingerprint density at radius 3 is 2.60 bits per heavy atom. The molecule has 1 aromatic heterocycles. The second kappa shape index (κ2) is 9.56. The number of aromatic nitrogens is 1. The fraction of sp³-hybridized carbons (Fsp3) is 0.174. The molecule has 7 heteroatoms. The number of hydrazine groups is 1. The zero-order valence-corrected chi connectivity index (χ0v) is 17.0. The summed E-state index contributed by atoms with van der Waals surface area (Å²) in [6, 6.07) is 14.3. The maximum atomic E-state index is 12.3. The molecule has 0 bridgehead atoms. The molecule has 0 fully saturated rings. The van der Waals surface area contributed by atoms with Gasteiger partial charge >= 0.3 is 0 Å². The number of rotatable bonds is 6. The minimum Gasteiger partial charge on any atom is -0.493 e. The summed E-state index contributed by atoms with van der Waals surface area (Å²) in [6.45, 7) is 3.80. The van der Waals surface area contributed by atoms with Crippen LogP contribution in [0.4, 0.5) is 0 Å². The first-order valence-corrected chi connectivity index (χ1v) is 9.45. The molecule has 3 rings (SSSR count). The number of fused-ring (bicyclic) bond motifs is 1. The Kier molecular flexibility index (Phi) is 6.64. The molecule has 0 spiro atoms. The number of carbonyl (C=O) groups is 2. The Morgan fingerprint density at radius 1 is 1.03 bits per heavy atom. The number of hydrogen-bond donors (Lipinski definition) is 2. The van der Waals surface area contributed by atoms with Crippen molar-refractivity contribution in [3.8, 4) is 11.5 Å². The predicted molar refractivity (Wildman–Crippen MR) is 115 cm³/mol. The van der Waals surface area contributed by atoms with Gasteiger partial charge in [0.15, 0.2) is 11.5 Å². The van der Waals surface area contributed by atoms with Crippen LogP contribution in [0, 0.1) is 0 Å². The highest BCUT2D eigenvalue weighted by atomic mass is 16.5. The number of ether oxygens (including phenoxy) is 2. The van der Waals surface area contributed by atoms with E-state index in [1.807, 2.05) is 44.2 Å². The van der Waals surface area contributed by atoms with Gasteiger partial charge in [-0.2, -0.15) is 0 Å². The Hall–Kier alpha value is -3.87. The summed E-state index contributed by atoms with van der Waals surface area (Å²) in [5, 5.41) is 0.979. The third kappa shape index (κ3) is 5.14. The molecule has 0 radical (unpaired) electrons. The van der Waals surface area contributed by atoms with Crippen molar-refractivity contribution in [2.24, 2.45) is 0 Å². The standard InChI is InChI=1S/C23H23N3O4/c1-15(2)30-19-11-9-18(14-20(19)29-3)23(28)26-25-21(27)12-10-17-7-4-6-16-8-5-13-24-22(16)17/h4-15H,1-3H3,(H,25,27)(H,26,28)/b12-10+. The van der Waals surface area contributed by atoms with Crippen LogP contribution < -0.4 is 20.3 Å². The molecule has 1 heterocycles. The Bertz CT molecular complexity index is 1090. The number of carbonyl (C=O) groups excluding carboxylic acids is 2. The molecule has 0 unspecified atom stereocenters. The molecule has 2 aromatic carbocycles. The summed E-state index contributed by atoms with van der Waals surface area (Å²) in [5.41, 5.74) is 6.67. The summed E-state index contributed by atoms with van der Waals surface area (Å²) >= 11 is 0. The van der Waals surface area contributed by atoms with Gasteiger partial charge in [0.05, 0.1) is 18.7 Å². The number of nitrogens with one attached hydrogen (secondary N) is 2. The van der Waals surface area contributed by atoms with Gasteiger partial charge in [0.1, 0.15) is 0 Å². The SMILES string of the molecule is COc1cc(C(=O)NNC(=O)/C=C/c2cccc3cccnc23)ccc1OC(C)C. The number of methoxy groups -OCH3 is 1. The third-order valence-corrected chi connectivity index (χ3v) is 4.17. The molecule has 0 saturated carbocycles. The van der Waals surface area contributed by atoms with Gasteiger partial charge in [0, 0.05) is 28.8 Å². The van der Waals surface area contributed by atoms with Gasteiger partial charge < -0.3 is 9.47 Å². The summed E-state index contributed by atoms with van der Waals surface area (Å²) < 4.78 is 10.9. The van der Waals surface area contributed by atoms with Crippen LogP contribution in [0.2, 0.25) is 0 Å². The highest BCUT2D eigenvalue weighted by Crippen LogP contribution is 2.28. The highest BCUT2D eigenvalue weighted by molar-refractivity contribution is 5.99. The lowest BCUT2D eigenvalue weighted by molar-refractivity contribution is -0.117. The van der Waals surface area contributed by atoms with Crippen LogP contribution in [0.5, 0.6) is 11.5 Å². The van der Waals surface area contributed by atoms with Crippen molar-refractivity contribution in [3.05, 3.63) is 71.9 Å². The number of hydrogen-bond acceptors (Lipinski definition) is 5. The normalized spacial score (nSPS) is 10.9. The molecule has 0 aliphatic carbocycles. The van der Waals surface area contributed by atoms with Gasteiger partial charge in [-0.05, 0) is 44.2 Å². The van der Waals surface area contributed by atoms with Crippen molar-refractivity contribution in [2.75, 3.05) is 7.11 Å². The van der Waals surface area contributed by atoms with Crippen LogP contribution in [0.15, 0.2) is 60.8 Å². The Balaban J connectivity index is 1.63. The van der Waals surface area contributed by atoms with Crippen LogP contribution in [0.3, 0.4) is 0 Å². The average Bonchev–Trinajstić information content (AvgIpc) is 2.75. The van der Waals surface area contributed by atoms with E-state index in [2.05, 4.69) is 15.8 Å². The van der Waals surface area contributed by atoms with Crippen LogP contribution in [-0.2, 0) is 4.79 Å². The smallest absolute Gasteiger partial charge is 0.269 e. The van der Waals surface area contributed by atoms with E-state index in [1.54, 1.807) is 30.5 Å². The number of amides is 2. The highest BCUT2D eigenvalue weighted by Gasteiger charge is 2.12. The largest absolute Gasteiger partial charge is 0.493 e. The van der Waals surface area contributed by atoms with E-state index >= 15 is 0 Å². The fourth-order valence-corrected chi connectivity index (χ4v) is 2.82. The van der Waals surface area contributed by atoms with Gasteiger partial charge in [-0.3, -0.25) is 25.4 Å². The van der Waals surface area contributed by atoms with Crippen LogP contribution in [-0.4, -0.2) is 30.0 Å². The summed E-state index contributed by atoms with van der Waals surface area (Å²) in [5.74, 6) is 0.0340. The maximum absolute atomic E-state index is 12.3. The van der Waals surface area contributed by atoms with Gasteiger partial charge in [0.25, 0.3) is 11.8 Å². The van der Waals surface area contributed by atoms with E-state index in [9.17, 15) is 9.59 Å². The first-order valence-electron chi connectivity index (χ1n) is 9.45. The topological polar surface area (TPSA) is 89.6 Å². The zero-order chi connectivity index (χ0) is 21.5. The van der Waals surface area contributed by atoms with E-state index in [1.165, 1.54) is 13.2 Å². The van der Waals surface area contributed by atoms with E-state index in [-0.39, 0.29) is 6.10 Å². The third-order valence-electron chi connectivity index (χ3n) is 4.17. The minimum atomic E-state index is -0.474. The molecular formula is C23H23N3O4. The zero-order valence-electron chi connectivity index (χ0n) is 17.0. The average molecular weight is 405 g/mol. The number of benzene rings is 2. The maximum Gasteiger partial charge on any atom is 0.269 e. The van der Waals surface area contributed by atoms with Crippen molar-refractivity contribution < 1.29 is 19.1 Å². The van der Waals surface area contributed by atoms with E-state index in [4.69, 9.17) is 9.47 Å². The van der Waals surface area contributed by atoms with Crippen molar-refractivity contribution in [2.45, 2.75) is 20.0 Å². The number of nitrogens with zero attached hydrogens (tertiary/aromatic N) is 1. The molecule has 2 amide bonds. The van der Waals surface area contributed by atoms with Gasteiger partial charge in [-0.15, -0.1) is 0 Å². The minimum absolute atomic E-state index is 0.0263. The first-order chi connectivity index (χ1) is 14.5. The number of pyridine rings is 1. The monoisotopic (exact) mass is 405 g/mol. The van der Waals surface area contributed by atoms with Crippen LogP contribution in [0.1, 0.15) is 29.8 Å². The summed E-state index contributed by atoms with van der Waals surface area (Å²) in [6.07, 6.45) is 4.66. The Labute approximate surface area is 174 Å². The second-order valence-corrected chi connectivity index (χ2v) is 6.73. The molecule has 0 atom stereocenters. The number of para-hydroxylation sites is 1. The molecule has 0 aliphatic heterocycles. The van der Waals surface area contributed by atoms with E-state index in [0.29, 0.717) is 17.1 Å². The summed E-state index contributed by atoms with van der Waals surface area (Å²) in [7, 11) is 1.50. The molecule has 30 heavy (non-hydrogen) atoms. The lowest BCUT2D eigenvalue weighted by Crippen LogP contribution is -2.40. The van der Waals surface area contributed by atoms with Crippen molar-refractivity contribution >= 4 is 28.8 Å². The van der Waals surface area contributed by atoms with E-state index in [0.717, 1.165) is 16.5 Å². The predicted octanol–water partition coefficient (Wildman–Crippen LogP) is 3.51. The molecule has 7 nitrogen and oxygen atoms in total. The lowest BCUT2D eigenvalue weighted by Gasteiger charge is -2.14. The molecule has 3 aromatic rings. The molecular weight excluding hydrogens is 382 g/mol. The molecule has 2 N–H and O–H groups in total. The molecule has 0 aliphatic rings. The molecule has 0 saturated heterocycles. The van der Waals surface area contributed by atoms with Gasteiger partial charge in [-0.1, -0.05) is 24.3 Å². The fourth-order valence-electron chi connectivity index (χ4n) is 2.82.